The first kappa shape index (κ1) is 38.2. The summed E-state index contributed by atoms with van der Waals surface area (Å²) >= 11 is 0. The summed E-state index contributed by atoms with van der Waals surface area (Å²) in [5.41, 5.74) is 35.1. The summed E-state index contributed by atoms with van der Waals surface area (Å²) in [4.78, 5) is 0. The van der Waals surface area contributed by atoms with Crippen molar-refractivity contribution in [2.75, 3.05) is 0 Å². The molecule has 4 fully saturated rings. The van der Waals surface area contributed by atoms with Crippen molar-refractivity contribution >= 4 is 0 Å². The van der Waals surface area contributed by atoms with Crippen LogP contribution in [-0.2, 0) is 47.8 Å². The third-order valence-corrected chi connectivity index (χ3v) is 14.0. The molecule has 0 spiro atoms. The maximum Gasteiger partial charge on any atom is 0.0967 e. The molecule has 12 rings (SSSR count). The minimum Gasteiger partial charge on any atom is -0.325 e. The fourth-order valence-corrected chi connectivity index (χ4v) is 11.8. The average Bonchev–Trinajstić information content (AvgIpc) is 4.17. The maximum absolute atomic E-state index is 5.90. The van der Waals surface area contributed by atoms with Crippen molar-refractivity contribution in [3.63, 3.8) is 0 Å². The lowest BCUT2D eigenvalue weighted by molar-refractivity contribution is -0.0691. The van der Waals surface area contributed by atoms with E-state index in [1.807, 2.05) is 43.5 Å². The van der Waals surface area contributed by atoms with Gasteiger partial charge in [0.1, 0.15) is 0 Å². The van der Waals surface area contributed by atoms with Gasteiger partial charge in [0.25, 0.3) is 0 Å². The predicted molar refractivity (Wildman–Crippen MR) is 231 cm³/mol. The second kappa shape index (κ2) is 14.4. The van der Waals surface area contributed by atoms with E-state index in [4.69, 9.17) is 22.9 Å². The Morgan fingerprint density at radius 3 is 0.677 bits per heavy atom. The molecule has 16 heteroatoms. The van der Waals surface area contributed by atoms with Crippen LogP contribution in [0.4, 0.5) is 0 Å². The minimum absolute atomic E-state index is 0.167. The average molecular weight is 825 g/mol. The summed E-state index contributed by atoms with van der Waals surface area (Å²) in [6, 6.07) is 36.1. The lowest BCUT2D eigenvalue weighted by Crippen LogP contribution is -2.67. The SMILES string of the molecule is NCc1cn(-c2ccc(C34CC5(c6ccc(-n7cc(CN)nn7)cc6)CC(c6ccc(-n7cc(CN)nn7)cc6)(C3)CC(c3ccc(-n6cc(CN)nn6)cc3)(C4)C5)cc2)nn1. The highest BCUT2D eigenvalue weighted by Gasteiger charge is 2.69. The Bertz CT molecular complexity index is 2440. The Balaban J connectivity index is 1.07. The van der Waals surface area contributed by atoms with Crippen molar-refractivity contribution in [3.8, 4) is 22.7 Å². The molecular weight excluding hydrogens is 777 g/mol. The number of nitrogens with zero attached hydrogens (tertiary/aromatic N) is 12. The van der Waals surface area contributed by atoms with Crippen LogP contribution in [0.2, 0.25) is 0 Å². The molecule has 0 amide bonds. The summed E-state index contributed by atoms with van der Waals surface area (Å²) in [6.07, 6.45) is 13.7. The monoisotopic (exact) mass is 824 g/mol. The zero-order valence-corrected chi connectivity index (χ0v) is 34.3. The van der Waals surface area contributed by atoms with E-state index >= 15 is 0 Å². The van der Waals surface area contributed by atoms with Gasteiger partial charge < -0.3 is 22.9 Å². The molecule has 4 bridgehead atoms. The van der Waals surface area contributed by atoms with Crippen LogP contribution in [0.3, 0.4) is 0 Å². The van der Waals surface area contributed by atoms with Gasteiger partial charge in [-0.1, -0.05) is 69.4 Å². The summed E-state index contributed by atoms with van der Waals surface area (Å²) in [6.45, 7) is 1.35. The van der Waals surface area contributed by atoms with Crippen LogP contribution in [-0.4, -0.2) is 60.0 Å². The topological polar surface area (TPSA) is 227 Å². The smallest absolute Gasteiger partial charge is 0.0967 e. The lowest BCUT2D eigenvalue weighted by Gasteiger charge is -2.71. The minimum atomic E-state index is -0.167. The molecule has 8 N–H and O–H groups in total. The van der Waals surface area contributed by atoms with Gasteiger partial charge in [0, 0.05) is 26.2 Å². The molecule has 16 nitrogen and oxygen atoms in total. The molecule has 0 atom stereocenters. The van der Waals surface area contributed by atoms with Gasteiger partial charge in [0.2, 0.25) is 0 Å². The van der Waals surface area contributed by atoms with E-state index in [9.17, 15) is 0 Å². The summed E-state index contributed by atoms with van der Waals surface area (Å²) < 4.78 is 7.24. The summed E-state index contributed by atoms with van der Waals surface area (Å²) in [5, 5.41) is 34.5. The Kier molecular flexibility index (Phi) is 8.90. The van der Waals surface area contributed by atoms with E-state index in [1.165, 1.54) is 22.3 Å². The first-order valence-electron chi connectivity index (χ1n) is 21.2. The van der Waals surface area contributed by atoms with Crippen molar-refractivity contribution in [3.05, 3.63) is 167 Å². The summed E-state index contributed by atoms with van der Waals surface area (Å²) in [7, 11) is 0. The Morgan fingerprint density at radius 2 is 0.516 bits per heavy atom. The van der Waals surface area contributed by atoms with Crippen LogP contribution >= 0.6 is 0 Å². The molecule has 4 saturated carbocycles. The largest absolute Gasteiger partial charge is 0.325 e. The molecule has 4 aliphatic rings. The van der Waals surface area contributed by atoms with Crippen LogP contribution in [0, 0.1) is 0 Å². The first-order valence-corrected chi connectivity index (χ1v) is 21.2. The zero-order valence-electron chi connectivity index (χ0n) is 34.3. The van der Waals surface area contributed by atoms with E-state index in [1.54, 1.807) is 0 Å². The fraction of sp³-hybridized carbons (Fsp3) is 0.304. The van der Waals surface area contributed by atoms with Crippen LogP contribution in [0.15, 0.2) is 122 Å². The van der Waals surface area contributed by atoms with Crippen molar-refractivity contribution in [1.82, 2.24) is 60.0 Å². The lowest BCUT2D eigenvalue weighted by atomic mass is 9.32. The van der Waals surface area contributed by atoms with E-state index in [2.05, 4.69) is 138 Å². The first-order chi connectivity index (χ1) is 30.3. The Labute approximate surface area is 357 Å². The van der Waals surface area contributed by atoms with E-state index < -0.39 is 0 Å². The van der Waals surface area contributed by atoms with Crippen LogP contribution in [0.5, 0.6) is 0 Å². The van der Waals surface area contributed by atoms with Crippen molar-refractivity contribution in [2.45, 2.75) is 86.4 Å². The molecule has 312 valence electrons. The highest BCUT2D eigenvalue weighted by atomic mass is 15.4. The molecule has 4 aromatic carbocycles. The van der Waals surface area contributed by atoms with Gasteiger partial charge in [-0.3, -0.25) is 0 Å². The third-order valence-electron chi connectivity index (χ3n) is 14.0. The second-order valence-electron chi connectivity index (χ2n) is 17.8. The van der Waals surface area contributed by atoms with Gasteiger partial charge in [0.05, 0.1) is 70.3 Å². The Morgan fingerprint density at radius 1 is 0.323 bits per heavy atom. The van der Waals surface area contributed by atoms with Gasteiger partial charge in [0.15, 0.2) is 0 Å². The molecule has 0 aliphatic heterocycles. The molecule has 0 radical (unpaired) electrons. The maximum atomic E-state index is 5.90. The quantitative estimate of drug-likeness (QED) is 0.135. The van der Waals surface area contributed by atoms with Gasteiger partial charge in [-0.15, -0.1) is 20.4 Å². The second-order valence-corrected chi connectivity index (χ2v) is 17.8. The zero-order chi connectivity index (χ0) is 42.1. The van der Waals surface area contributed by atoms with E-state index in [0.29, 0.717) is 26.2 Å². The number of rotatable bonds is 12. The molecule has 62 heavy (non-hydrogen) atoms. The van der Waals surface area contributed by atoms with E-state index in [-0.39, 0.29) is 21.7 Å². The third kappa shape index (κ3) is 6.20. The van der Waals surface area contributed by atoms with E-state index in [0.717, 1.165) is 84.1 Å². The van der Waals surface area contributed by atoms with Gasteiger partial charge in [-0.2, -0.15) is 0 Å². The van der Waals surface area contributed by atoms with Gasteiger partial charge in [-0.05, 0) is 131 Å². The van der Waals surface area contributed by atoms with Gasteiger partial charge in [-0.25, -0.2) is 18.7 Å². The molecule has 4 heterocycles. The standard InChI is InChI=1S/C46H48N16/c47-17-35-21-59(55-51-35)39-9-1-31(2-10-39)43-25-44(32-3-11-40(12-4-32)60-22-36(18-48)52-56-60)28-45(26-43,33-5-13-41(14-6-33)61-23-37(19-49)53-57-61)30-46(27-43,29-44)34-7-15-42(16-8-34)62-24-38(20-50)54-58-62/h1-16,21-24H,17-20,25-30,47-50H2. The molecule has 8 aromatic rings. The van der Waals surface area contributed by atoms with Crippen LogP contribution in [0.1, 0.15) is 83.6 Å². The van der Waals surface area contributed by atoms with Crippen molar-refractivity contribution < 1.29 is 0 Å². The number of aromatic nitrogens is 12. The molecular formula is C46H48N16. The highest BCUT2D eigenvalue weighted by Crippen LogP contribution is 2.74. The molecule has 0 saturated heterocycles. The normalized spacial score (nSPS) is 23.9. The van der Waals surface area contributed by atoms with Crippen molar-refractivity contribution in [2.24, 2.45) is 22.9 Å². The number of hydrogen-bond donors (Lipinski definition) is 4. The van der Waals surface area contributed by atoms with Crippen LogP contribution < -0.4 is 22.9 Å². The fourth-order valence-electron chi connectivity index (χ4n) is 11.8. The number of nitrogens with two attached hydrogens (primary N) is 4. The van der Waals surface area contributed by atoms with Gasteiger partial charge >= 0.3 is 0 Å². The summed E-state index contributed by atoms with van der Waals surface area (Å²) in [5.74, 6) is 0. The van der Waals surface area contributed by atoms with Crippen molar-refractivity contribution in [1.29, 1.82) is 0 Å². The van der Waals surface area contributed by atoms with Crippen LogP contribution in [0.25, 0.3) is 22.7 Å². The number of hydrogen-bond acceptors (Lipinski definition) is 12. The molecule has 0 unspecified atom stereocenters. The highest BCUT2D eigenvalue weighted by molar-refractivity contribution is 5.53. The number of benzene rings is 4. The molecule has 4 aromatic heterocycles. The predicted octanol–water partition coefficient (Wildman–Crippen LogP) is 4.28. The molecule has 4 aliphatic carbocycles. The Hall–Kier alpha value is -6.72.